The van der Waals surface area contributed by atoms with Crippen LogP contribution in [0.25, 0.3) is 20.7 Å². The summed E-state index contributed by atoms with van der Waals surface area (Å²) >= 11 is 7.81. The van der Waals surface area contributed by atoms with Crippen molar-refractivity contribution < 1.29 is 38.5 Å². The zero-order chi connectivity index (χ0) is 42.8. The van der Waals surface area contributed by atoms with E-state index in [4.69, 9.17) is 21.1 Å². The minimum atomic E-state index is -1.46. The first-order chi connectivity index (χ1) is 28.5. The molecule has 5 aromatic rings. The largest absolute Gasteiger partial charge is 0.463 e. The number of nitrogens with zero attached hydrogens (tertiary/aromatic N) is 7. The summed E-state index contributed by atoms with van der Waals surface area (Å²) in [6.07, 6.45) is 1.83. The lowest BCUT2D eigenvalue weighted by molar-refractivity contribution is -0.392. The Morgan fingerprint density at radius 1 is 0.983 bits per heavy atom. The second kappa shape index (κ2) is 13.7. The molecule has 6 unspecified atom stereocenters. The highest BCUT2D eigenvalue weighted by Gasteiger charge is 2.68. The minimum absolute atomic E-state index is 0.0117. The molecule has 1 N–H and O–H groups in total. The van der Waals surface area contributed by atoms with Gasteiger partial charge in [0.05, 0.1) is 49.5 Å². The topological polar surface area (TPSA) is 215 Å². The van der Waals surface area contributed by atoms with Crippen molar-refractivity contribution in [1.29, 1.82) is 0 Å². The lowest BCUT2D eigenvalue weighted by Crippen LogP contribution is -2.48. The number of allylic oxidation sites excluding steroid dienone is 2. The molecule has 17 nitrogen and oxygen atoms in total. The number of aryl methyl sites for hydroxylation is 2. The highest BCUT2D eigenvalue weighted by Crippen LogP contribution is 2.64. The zero-order valence-corrected chi connectivity index (χ0v) is 34.3. The van der Waals surface area contributed by atoms with Gasteiger partial charge < -0.3 is 14.4 Å². The van der Waals surface area contributed by atoms with Gasteiger partial charge in [-0.15, -0.1) is 11.3 Å². The lowest BCUT2D eigenvalue weighted by Gasteiger charge is -2.48. The Balaban J connectivity index is 1.13. The lowest BCUT2D eigenvalue weighted by atomic mass is 9.52. The number of anilines is 3. The van der Waals surface area contributed by atoms with Crippen LogP contribution in [0.4, 0.5) is 28.6 Å². The number of rotatable bonds is 8. The van der Waals surface area contributed by atoms with E-state index in [-0.39, 0.29) is 41.6 Å². The number of aliphatic hydroxyl groups is 1. The molecule has 19 heteroatoms. The summed E-state index contributed by atoms with van der Waals surface area (Å²) in [4.78, 5) is 85.6. The van der Waals surface area contributed by atoms with Crippen molar-refractivity contribution in [1.82, 2.24) is 9.78 Å². The van der Waals surface area contributed by atoms with E-state index in [9.17, 15) is 39.7 Å². The molecule has 60 heavy (non-hydrogen) atoms. The standard InChI is InChI=1S/C41H36ClN7O10S/c1-18-24-12-19(42)6-11-31(24)60-36(18)27-16-32(45(5)43-27)47-38(52)26-15-25-22(34(41(26,2)40(47)54)30-10-7-21(17-50)59-30)8-9-23-33(25)39(53)46(37(23)51)20-13-28(48(55)56)35(44(3)4)29(14-20)49(57)58/h6-8,10-14,16,23,25-26,33-34,50H,9,15,17H2,1-5H3. The molecule has 5 heterocycles. The van der Waals surface area contributed by atoms with Crippen LogP contribution in [0.3, 0.4) is 0 Å². The number of hydrogen-bond acceptors (Lipinski definition) is 13. The molecule has 2 aliphatic heterocycles. The summed E-state index contributed by atoms with van der Waals surface area (Å²) in [6.45, 7) is 3.21. The molecule has 4 amide bonds. The Bertz CT molecular complexity index is 2770. The summed E-state index contributed by atoms with van der Waals surface area (Å²) in [6, 6.07) is 12.5. The van der Waals surface area contributed by atoms with Gasteiger partial charge in [0.2, 0.25) is 23.6 Å². The average Bonchev–Trinajstić information content (AvgIpc) is 4.00. The molecule has 2 aromatic carbocycles. The third kappa shape index (κ3) is 5.43. The number of fused-ring (bicyclic) bond motifs is 5. The Hall–Kier alpha value is -6.24. The average molecular weight is 854 g/mol. The zero-order valence-electron chi connectivity index (χ0n) is 32.7. The fourth-order valence-corrected chi connectivity index (χ4v) is 11.4. The van der Waals surface area contributed by atoms with Gasteiger partial charge in [-0.05, 0) is 73.9 Å². The minimum Gasteiger partial charge on any atom is -0.463 e. The normalized spacial score (nSPS) is 24.9. The molecule has 9 rings (SSSR count). The van der Waals surface area contributed by atoms with Gasteiger partial charge in [-0.2, -0.15) is 5.10 Å². The van der Waals surface area contributed by atoms with Crippen LogP contribution in [0.15, 0.2) is 64.6 Å². The number of furan rings is 1. The molecule has 0 radical (unpaired) electrons. The molecule has 4 aliphatic rings. The fourth-order valence-electron chi connectivity index (χ4n) is 10.1. The summed E-state index contributed by atoms with van der Waals surface area (Å²) in [7, 11) is 4.46. The van der Waals surface area contributed by atoms with E-state index in [2.05, 4.69) is 0 Å². The van der Waals surface area contributed by atoms with E-state index >= 15 is 4.79 Å². The van der Waals surface area contributed by atoms with Gasteiger partial charge in [-0.25, -0.2) is 9.80 Å². The SMILES string of the molecule is Cc1c(-c2cc(N3C(=O)C4CC5C(=CCC6C(=O)N(c7cc([N+](=O)[O-])c(N(C)C)c([N+](=O)[O-])c7)C(=O)C65)C(c5ccc(CO)o5)C4(C)C3=O)n(C)n2)sc2ccc(Cl)cc12. The number of carbonyl (C=O) groups is 4. The van der Waals surface area contributed by atoms with E-state index in [0.717, 1.165) is 42.5 Å². The number of thiophene rings is 1. The number of carbonyl (C=O) groups excluding carboxylic acids is 4. The van der Waals surface area contributed by atoms with Crippen LogP contribution in [0.5, 0.6) is 0 Å². The van der Waals surface area contributed by atoms with Gasteiger partial charge in [-0.1, -0.05) is 23.3 Å². The van der Waals surface area contributed by atoms with Crippen LogP contribution in [0.2, 0.25) is 5.02 Å². The molecule has 2 aliphatic carbocycles. The first kappa shape index (κ1) is 39.2. The van der Waals surface area contributed by atoms with Crippen LogP contribution in [-0.2, 0) is 32.8 Å². The molecule has 0 bridgehead atoms. The Kier molecular flexibility index (Phi) is 8.93. The Morgan fingerprint density at radius 2 is 1.68 bits per heavy atom. The Labute approximate surface area is 349 Å². The van der Waals surface area contributed by atoms with Crippen LogP contribution < -0.4 is 14.7 Å². The van der Waals surface area contributed by atoms with Gasteiger partial charge >= 0.3 is 11.4 Å². The maximum atomic E-state index is 15.1. The fraction of sp³-hybridized carbons (Fsp3) is 0.341. The van der Waals surface area contributed by atoms with Crippen molar-refractivity contribution in [3.63, 3.8) is 0 Å². The van der Waals surface area contributed by atoms with Crippen molar-refractivity contribution in [2.75, 3.05) is 28.8 Å². The highest BCUT2D eigenvalue weighted by molar-refractivity contribution is 7.22. The maximum absolute atomic E-state index is 15.1. The summed E-state index contributed by atoms with van der Waals surface area (Å²) < 4.78 is 8.58. The first-order valence-electron chi connectivity index (χ1n) is 19.0. The second-order valence-corrected chi connectivity index (χ2v) is 17.6. The monoisotopic (exact) mass is 853 g/mol. The first-order valence-corrected chi connectivity index (χ1v) is 20.2. The van der Waals surface area contributed by atoms with Gasteiger partial charge in [0, 0.05) is 49.1 Å². The molecule has 3 aromatic heterocycles. The van der Waals surface area contributed by atoms with Gasteiger partial charge in [0.25, 0.3) is 0 Å². The van der Waals surface area contributed by atoms with Gasteiger partial charge in [0.1, 0.15) is 29.6 Å². The summed E-state index contributed by atoms with van der Waals surface area (Å²) in [5.41, 5.74) is -1.31. The smallest absolute Gasteiger partial charge is 0.301 e. The van der Waals surface area contributed by atoms with E-state index < -0.39 is 86.5 Å². The van der Waals surface area contributed by atoms with Crippen LogP contribution in [0, 0.1) is 56.2 Å². The van der Waals surface area contributed by atoms with Crippen molar-refractivity contribution in [3.05, 3.63) is 103 Å². The van der Waals surface area contributed by atoms with Gasteiger partial charge in [-0.3, -0.25) is 44.1 Å². The second-order valence-electron chi connectivity index (χ2n) is 16.1. The molecular weight excluding hydrogens is 818 g/mol. The quantitative estimate of drug-likeness (QED) is 0.0750. The van der Waals surface area contributed by atoms with Crippen molar-refractivity contribution >= 4 is 85.2 Å². The predicted octanol–water partition coefficient (Wildman–Crippen LogP) is 6.67. The maximum Gasteiger partial charge on any atom is 0.301 e. The van der Waals surface area contributed by atoms with E-state index in [1.54, 1.807) is 44.3 Å². The number of nitro groups is 2. The molecule has 2 saturated heterocycles. The van der Waals surface area contributed by atoms with Crippen molar-refractivity contribution in [3.8, 4) is 10.6 Å². The molecule has 0 spiro atoms. The Morgan fingerprint density at radius 3 is 2.32 bits per heavy atom. The number of amides is 4. The van der Waals surface area contributed by atoms with Crippen LogP contribution >= 0.6 is 22.9 Å². The number of aliphatic hydroxyl groups excluding tert-OH is 1. The highest BCUT2D eigenvalue weighted by atomic mass is 35.5. The van der Waals surface area contributed by atoms with Gasteiger partial charge in [0.15, 0.2) is 5.69 Å². The van der Waals surface area contributed by atoms with Crippen LogP contribution in [-0.4, -0.2) is 62.5 Å². The molecule has 6 atom stereocenters. The van der Waals surface area contributed by atoms with E-state index in [1.807, 2.05) is 19.1 Å². The molecule has 3 fully saturated rings. The number of halogens is 1. The molecule has 1 saturated carbocycles. The number of benzene rings is 2. The number of hydrogen-bond donors (Lipinski definition) is 1. The number of aromatic nitrogens is 2. The van der Waals surface area contributed by atoms with Crippen molar-refractivity contribution in [2.45, 2.75) is 39.2 Å². The van der Waals surface area contributed by atoms with Crippen LogP contribution in [0.1, 0.15) is 42.8 Å². The third-order valence-electron chi connectivity index (χ3n) is 12.8. The third-order valence-corrected chi connectivity index (χ3v) is 14.3. The molecule has 308 valence electrons. The predicted molar refractivity (Wildman–Crippen MR) is 220 cm³/mol. The number of imide groups is 2. The van der Waals surface area contributed by atoms with Crippen molar-refractivity contribution in [2.24, 2.45) is 36.1 Å². The van der Waals surface area contributed by atoms with E-state index in [1.165, 1.54) is 35.0 Å². The molecular formula is C41H36ClN7O10S. The number of nitro benzene ring substituents is 2. The summed E-state index contributed by atoms with van der Waals surface area (Å²) in [5.74, 6) is -6.49. The van der Waals surface area contributed by atoms with E-state index in [0.29, 0.717) is 16.3 Å². The summed E-state index contributed by atoms with van der Waals surface area (Å²) in [5, 5.41) is 40.7.